The molecule has 3 N–H and O–H groups in total. The summed E-state index contributed by atoms with van der Waals surface area (Å²) in [6.07, 6.45) is 0.364. The van der Waals surface area contributed by atoms with Crippen LogP contribution in [0.5, 0.6) is 0 Å². The van der Waals surface area contributed by atoms with Crippen LogP contribution in [0.2, 0.25) is 0 Å². The van der Waals surface area contributed by atoms with Gasteiger partial charge in [-0.3, -0.25) is 4.79 Å². The SMILES string of the molecule is N#CCC(=O)Nc1ccc(Cc2nc3ccc(C(=O)O)cc3[nH]2)cc1. The van der Waals surface area contributed by atoms with Gasteiger partial charge in [-0.15, -0.1) is 0 Å². The van der Waals surface area contributed by atoms with E-state index in [2.05, 4.69) is 15.3 Å². The Morgan fingerprint density at radius 1 is 1.20 bits per heavy atom. The zero-order valence-electron chi connectivity index (χ0n) is 13.1. The summed E-state index contributed by atoms with van der Waals surface area (Å²) in [7, 11) is 0. The summed E-state index contributed by atoms with van der Waals surface area (Å²) in [5.41, 5.74) is 3.20. The molecular weight excluding hydrogens is 320 g/mol. The van der Waals surface area contributed by atoms with Crippen LogP contribution in [0.1, 0.15) is 28.2 Å². The number of anilines is 1. The van der Waals surface area contributed by atoms with Gasteiger partial charge in [-0.1, -0.05) is 12.1 Å². The summed E-state index contributed by atoms with van der Waals surface area (Å²) < 4.78 is 0. The van der Waals surface area contributed by atoms with Crippen LogP contribution in [-0.4, -0.2) is 27.0 Å². The maximum Gasteiger partial charge on any atom is 0.335 e. The van der Waals surface area contributed by atoms with E-state index in [1.54, 1.807) is 30.3 Å². The predicted molar refractivity (Wildman–Crippen MR) is 91.2 cm³/mol. The summed E-state index contributed by atoms with van der Waals surface area (Å²) in [5, 5.41) is 20.1. The quantitative estimate of drug-likeness (QED) is 0.663. The lowest BCUT2D eigenvalue weighted by atomic mass is 10.1. The van der Waals surface area contributed by atoms with Gasteiger partial charge in [0.1, 0.15) is 12.2 Å². The number of nitrogens with one attached hydrogen (secondary N) is 2. The number of carboxylic acid groups (broad SMARTS) is 1. The number of nitriles is 1. The number of aromatic nitrogens is 2. The van der Waals surface area contributed by atoms with Gasteiger partial charge in [0.15, 0.2) is 0 Å². The van der Waals surface area contributed by atoms with Crippen molar-refractivity contribution in [3.05, 3.63) is 59.4 Å². The number of benzene rings is 2. The second kappa shape index (κ2) is 6.84. The molecule has 124 valence electrons. The molecule has 3 rings (SSSR count). The number of carbonyl (C=O) groups is 2. The highest BCUT2D eigenvalue weighted by molar-refractivity contribution is 5.92. The first-order valence-corrected chi connectivity index (χ1v) is 7.53. The topological polar surface area (TPSA) is 119 Å². The fourth-order valence-electron chi connectivity index (χ4n) is 2.46. The second-order valence-corrected chi connectivity index (χ2v) is 5.48. The van der Waals surface area contributed by atoms with Crippen molar-refractivity contribution in [3.8, 4) is 6.07 Å². The van der Waals surface area contributed by atoms with Gasteiger partial charge in [-0.2, -0.15) is 5.26 Å². The van der Waals surface area contributed by atoms with Crippen LogP contribution < -0.4 is 5.32 Å². The number of H-pyrrole nitrogens is 1. The lowest BCUT2D eigenvalue weighted by molar-refractivity contribution is -0.115. The van der Waals surface area contributed by atoms with E-state index in [-0.39, 0.29) is 17.9 Å². The highest BCUT2D eigenvalue weighted by atomic mass is 16.4. The Kier molecular flexibility index (Phi) is 4.44. The molecule has 0 saturated heterocycles. The van der Waals surface area contributed by atoms with Crippen LogP contribution in [0.3, 0.4) is 0 Å². The third kappa shape index (κ3) is 3.82. The molecule has 7 heteroatoms. The minimum Gasteiger partial charge on any atom is -0.478 e. The Morgan fingerprint density at radius 3 is 2.64 bits per heavy atom. The molecule has 0 spiro atoms. The number of hydrogen-bond acceptors (Lipinski definition) is 4. The second-order valence-electron chi connectivity index (χ2n) is 5.48. The van der Waals surface area contributed by atoms with E-state index in [0.29, 0.717) is 23.1 Å². The molecule has 0 aliphatic rings. The number of imidazole rings is 1. The molecule has 0 atom stereocenters. The Hall–Kier alpha value is -3.66. The van der Waals surface area contributed by atoms with E-state index in [1.165, 1.54) is 6.07 Å². The van der Waals surface area contributed by atoms with Crippen LogP contribution in [0.4, 0.5) is 5.69 Å². The molecule has 0 radical (unpaired) electrons. The molecule has 7 nitrogen and oxygen atoms in total. The minimum absolute atomic E-state index is 0.181. The zero-order valence-corrected chi connectivity index (χ0v) is 13.1. The molecule has 1 heterocycles. The Morgan fingerprint density at radius 2 is 1.96 bits per heavy atom. The number of aromatic amines is 1. The van der Waals surface area contributed by atoms with Crippen molar-refractivity contribution in [2.75, 3.05) is 5.32 Å². The molecule has 25 heavy (non-hydrogen) atoms. The first-order chi connectivity index (χ1) is 12.0. The molecule has 0 aliphatic carbocycles. The van der Waals surface area contributed by atoms with Crippen LogP contribution >= 0.6 is 0 Å². The average molecular weight is 334 g/mol. The largest absolute Gasteiger partial charge is 0.478 e. The summed E-state index contributed by atoms with van der Waals surface area (Å²) in [6.45, 7) is 0. The van der Waals surface area contributed by atoms with Crippen molar-refractivity contribution < 1.29 is 14.7 Å². The van der Waals surface area contributed by atoms with Crippen molar-refractivity contribution in [3.63, 3.8) is 0 Å². The molecular formula is C18H14N4O3. The fraction of sp³-hybridized carbons (Fsp3) is 0.111. The highest BCUT2D eigenvalue weighted by Gasteiger charge is 2.08. The Bertz CT molecular complexity index is 984. The van der Waals surface area contributed by atoms with E-state index in [1.807, 2.05) is 12.1 Å². The summed E-state index contributed by atoms with van der Waals surface area (Å²) >= 11 is 0. The van der Waals surface area contributed by atoms with E-state index in [4.69, 9.17) is 10.4 Å². The molecule has 1 aromatic heterocycles. The summed E-state index contributed by atoms with van der Waals surface area (Å²) in [6, 6.07) is 13.8. The third-order valence-corrected chi connectivity index (χ3v) is 3.63. The minimum atomic E-state index is -0.980. The van der Waals surface area contributed by atoms with Crippen LogP contribution in [-0.2, 0) is 11.2 Å². The monoisotopic (exact) mass is 334 g/mol. The van der Waals surface area contributed by atoms with E-state index < -0.39 is 5.97 Å². The first-order valence-electron chi connectivity index (χ1n) is 7.53. The van der Waals surface area contributed by atoms with Crippen LogP contribution in [0.15, 0.2) is 42.5 Å². The molecule has 0 bridgehead atoms. The highest BCUT2D eigenvalue weighted by Crippen LogP contribution is 2.17. The van der Waals surface area contributed by atoms with Gasteiger partial charge >= 0.3 is 5.97 Å². The smallest absolute Gasteiger partial charge is 0.335 e. The first kappa shape index (κ1) is 16.2. The van der Waals surface area contributed by atoms with E-state index >= 15 is 0 Å². The van der Waals surface area contributed by atoms with Crippen LogP contribution in [0, 0.1) is 11.3 Å². The number of amides is 1. The van der Waals surface area contributed by atoms with Gasteiger partial charge in [0.25, 0.3) is 0 Å². The molecule has 0 fully saturated rings. The van der Waals surface area contributed by atoms with Gasteiger partial charge in [0, 0.05) is 12.1 Å². The number of fused-ring (bicyclic) bond motifs is 1. The molecule has 0 saturated carbocycles. The lowest BCUT2D eigenvalue weighted by Crippen LogP contribution is -2.09. The van der Waals surface area contributed by atoms with Gasteiger partial charge in [-0.05, 0) is 35.9 Å². The maximum atomic E-state index is 11.4. The maximum absolute atomic E-state index is 11.4. The number of hydrogen-bond donors (Lipinski definition) is 3. The number of aromatic carboxylic acids is 1. The summed E-state index contributed by atoms with van der Waals surface area (Å²) in [5.74, 6) is -0.604. The van der Waals surface area contributed by atoms with Crippen molar-refractivity contribution in [1.82, 2.24) is 9.97 Å². The van der Waals surface area contributed by atoms with Crippen LogP contribution in [0.25, 0.3) is 11.0 Å². The standard InChI is InChI=1S/C18H14N4O3/c19-8-7-17(23)20-13-4-1-11(2-5-13)9-16-21-14-6-3-12(18(24)25)10-15(14)22-16/h1-6,10H,7,9H2,(H,20,23)(H,21,22)(H,24,25). The van der Waals surface area contributed by atoms with Crippen molar-refractivity contribution in [1.29, 1.82) is 5.26 Å². The van der Waals surface area contributed by atoms with Gasteiger partial charge < -0.3 is 15.4 Å². The van der Waals surface area contributed by atoms with Gasteiger partial charge in [0.2, 0.25) is 5.91 Å². The van der Waals surface area contributed by atoms with E-state index in [0.717, 1.165) is 11.4 Å². The predicted octanol–water partition coefficient (Wildman–Crippen LogP) is 2.70. The number of carbonyl (C=O) groups excluding carboxylic acids is 1. The Balaban J connectivity index is 1.74. The van der Waals surface area contributed by atoms with Gasteiger partial charge in [0.05, 0.1) is 22.7 Å². The van der Waals surface area contributed by atoms with Crippen molar-refractivity contribution in [2.45, 2.75) is 12.8 Å². The number of rotatable bonds is 5. The number of carboxylic acids is 1. The zero-order chi connectivity index (χ0) is 17.8. The Labute approximate surface area is 142 Å². The normalized spacial score (nSPS) is 10.4. The average Bonchev–Trinajstić information content (AvgIpc) is 2.98. The van der Waals surface area contributed by atoms with Crippen molar-refractivity contribution in [2.24, 2.45) is 0 Å². The van der Waals surface area contributed by atoms with Crippen molar-refractivity contribution >= 4 is 28.6 Å². The fourth-order valence-corrected chi connectivity index (χ4v) is 2.46. The third-order valence-electron chi connectivity index (χ3n) is 3.63. The number of nitrogens with zero attached hydrogens (tertiary/aromatic N) is 2. The summed E-state index contributed by atoms with van der Waals surface area (Å²) in [4.78, 5) is 30.0. The van der Waals surface area contributed by atoms with Gasteiger partial charge in [-0.25, -0.2) is 9.78 Å². The molecule has 3 aromatic rings. The lowest BCUT2D eigenvalue weighted by Gasteiger charge is -2.04. The molecule has 1 amide bonds. The molecule has 0 unspecified atom stereocenters. The van der Waals surface area contributed by atoms with E-state index in [9.17, 15) is 9.59 Å². The molecule has 0 aliphatic heterocycles. The molecule has 2 aromatic carbocycles.